The molecule has 14 heavy (non-hydrogen) atoms. The maximum absolute atomic E-state index is 12.9. The van der Waals surface area contributed by atoms with Crippen LogP contribution in [0.15, 0.2) is 6.20 Å². The molecule has 1 N–H and O–H groups in total. The molecule has 4 nitrogen and oxygen atoms in total. The van der Waals surface area contributed by atoms with Gasteiger partial charge < -0.3 is 5.11 Å². The normalized spacial score (nSPS) is 17.4. The van der Waals surface area contributed by atoms with Crippen molar-refractivity contribution in [3.05, 3.63) is 11.9 Å². The number of aliphatic hydroxyl groups is 1. The van der Waals surface area contributed by atoms with Crippen molar-refractivity contribution in [1.29, 1.82) is 0 Å². The minimum atomic E-state index is -3.28. The minimum Gasteiger partial charge on any atom is -0.390 e. The Morgan fingerprint density at radius 1 is 1.57 bits per heavy atom. The highest BCUT2D eigenvalue weighted by molar-refractivity contribution is 5.02. The smallest absolute Gasteiger partial charge is 0.315 e. The van der Waals surface area contributed by atoms with Gasteiger partial charge in [0.05, 0.1) is 6.20 Å². The van der Waals surface area contributed by atoms with Gasteiger partial charge in [-0.05, 0) is 18.8 Å². The van der Waals surface area contributed by atoms with Crippen molar-refractivity contribution in [1.82, 2.24) is 15.0 Å². The Bertz CT molecular complexity index is 322. The summed E-state index contributed by atoms with van der Waals surface area (Å²) >= 11 is 0. The predicted octanol–water partition coefficient (Wildman–Crippen LogP) is 0.772. The lowest BCUT2D eigenvalue weighted by molar-refractivity contribution is -0.0593. The molecule has 1 aromatic heterocycles. The van der Waals surface area contributed by atoms with Gasteiger partial charge in [0.25, 0.3) is 0 Å². The largest absolute Gasteiger partial charge is 0.390 e. The van der Waals surface area contributed by atoms with Gasteiger partial charge in [0.1, 0.15) is 6.61 Å². The highest BCUT2D eigenvalue weighted by Gasteiger charge is 2.34. The third-order valence-corrected chi connectivity index (χ3v) is 2.25. The Hall–Kier alpha value is -1.04. The van der Waals surface area contributed by atoms with Crippen molar-refractivity contribution in [2.45, 2.75) is 25.3 Å². The van der Waals surface area contributed by atoms with Crippen LogP contribution in [-0.2, 0) is 12.5 Å². The monoisotopic (exact) mass is 203 g/mol. The van der Waals surface area contributed by atoms with Crippen LogP contribution in [0.4, 0.5) is 8.78 Å². The summed E-state index contributed by atoms with van der Waals surface area (Å²) in [6.45, 7) is -0.580. The molecular weight excluding hydrogens is 192 g/mol. The molecule has 0 amide bonds. The van der Waals surface area contributed by atoms with Crippen LogP contribution in [0.1, 0.15) is 18.5 Å². The molecular formula is C8H11F2N3O. The molecule has 78 valence electrons. The first kappa shape index (κ1) is 9.51. The number of aromatic nitrogens is 3. The number of rotatable bonds is 4. The Kier molecular flexibility index (Phi) is 2.22. The summed E-state index contributed by atoms with van der Waals surface area (Å²) in [6.07, 6.45) is 3.46. The number of hydrogen-bond acceptors (Lipinski definition) is 3. The van der Waals surface area contributed by atoms with Crippen molar-refractivity contribution < 1.29 is 13.9 Å². The lowest BCUT2D eigenvalue weighted by Gasteiger charge is -2.07. The van der Waals surface area contributed by atoms with Crippen LogP contribution in [0, 0.1) is 5.92 Å². The van der Waals surface area contributed by atoms with Gasteiger partial charge >= 0.3 is 5.92 Å². The van der Waals surface area contributed by atoms with E-state index in [9.17, 15) is 8.78 Å². The SMILES string of the molecule is OCC(F)(F)c1cn(CC2CC2)nn1. The van der Waals surface area contributed by atoms with Crippen LogP contribution < -0.4 is 0 Å². The summed E-state index contributed by atoms with van der Waals surface area (Å²) in [4.78, 5) is 0. The Balaban J connectivity index is 2.07. The quantitative estimate of drug-likeness (QED) is 0.786. The van der Waals surface area contributed by atoms with E-state index in [1.54, 1.807) is 0 Å². The average molecular weight is 203 g/mol. The zero-order chi connectivity index (χ0) is 10.2. The summed E-state index contributed by atoms with van der Waals surface area (Å²) in [6, 6.07) is 0. The van der Waals surface area contributed by atoms with E-state index in [0.29, 0.717) is 12.5 Å². The van der Waals surface area contributed by atoms with Crippen molar-refractivity contribution >= 4 is 0 Å². The van der Waals surface area contributed by atoms with E-state index >= 15 is 0 Å². The van der Waals surface area contributed by atoms with Gasteiger partial charge in [-0.15, -0.1) is 5.10 Å². The van der Waals surface area contributed by atoms with Crippen molar-refractivity contribution in [2.24, 2.45) is 5.92 Å². The van der Waals surface area contributed by atoms with E-state index < -0.39 is 18.2 Å². The zero-order valence-corrected chi connectivity index (χ0v) is 7.53. The summed E-state index contributed by atoms with van der Waals surface area (Å²) in [7, 11) is 0. The van der Waals surface area contributed by atoms with E-state index in [1.165, 1.54) is 10.9 Å². The van der Waals surface area contributed by atoms with Crippen LogP contribution in [0.25, 0.3) is 0 Å². The van der Waals surface area contributed by atoms with Crippen LogP contribution in [0.2, 0.25) is 0 Å². The molecule has 1 saturated carbocycles. The maximum atomic E-state index is 12.9. The van der Waals surface area contributed by atoms with Crippen molar-refractivity contribution in [3.63, 3.8) is 0 Å². The molecule has 0 unspecified atom stereocenters. The summed E-state index contributed by atoms with van der Waals surface area (Å²) in [5.41, 5.74) is -0.458. The van der Waals surface area contributed by atoms with Gasteiger partial charge in [-0.3, -0.25) is 4.68 Å². The molecule has 1 fully saturated rings. The lowest BCUT2D eigenvalue weighted by atomic mass is 10.3. The van der Waals surface area contributed by atoms with Crippen LogP contribution in [0.5, 0.6) is 0 Å². The molecule has 2 rings (SSSR count). The lowest BCUT2D eigenvalue weighted by Crippen LogP contribution is -2.18. The standard InChI is InChI=1S/C8H11F2N3O/c9-8(10,5-14)7-4-13(12-11-7)3-6-1-2-6/h4,6,14H,1-3,5H2. The van der Waals surface area contributed by atoms with Gasteiger partial charge in [0, 0.05) is 6.54 Å². The fraction of sp³-hybridized carbons (Fsp3) is 0.750. The van der Waals surface area contributed by atoms with Crippen molar-refractivity contribution in [2.75, 3.05) is 6.61 Å². The average Bonchev–Trinajstić information content (AvgIpc) is 2.81. The van der Waals surface area contributed by atoms with E-state index in [4.69, 9.17) is 5.11 Å². The Morgan fingerprint density at radius 3 is 2.86 bits per heavy atom. The number of nitrogens with zero attached hydrogens (tertiary/aromatic N) is 3. The van der Waals surface area contributed by atoms with Crippen LogP contribution in [-0.4, -0.2) is 26.7 Å². The summed E-state index contributed by atoms with van der Waals surface area (Å²) in [5.74, 6) is -2.71. The number of alkyl halides is 2. The fourth-order valence-corrected chi connectivity index (χ4v) is 1.20. The van der Waals surface area contributed by atoms with E-state index in [1.807, 2.05) is 0 Å². The van der Waals surface area contributed by atoms with Gasteiger partial charge in [-0.25, -0.2) is 0 Å². The molecule has 6 heteroatoms. The molecule has 1 heterocycles. The fourth-order valence-electron chi connectivity index (χ4n) is 1.20. The second-order valence-corrected chi connectivity index (χ2v) is 3.63. The van der Waals surface area contributed by atoms with E-state index in [-0.39, 0.29) is 0 Å². The molecule has 0 bridgehead atoms. The molecule has 0 saturated heterocycles. The van der Waals surface area contributed by atoms with Gasteiger partial charge in [0.2, 0.25) is 0 Å². The topological polar surface area (TPSA) is 50.9 Å². The van der Waals surface area contributed by atoms with Crippen LogP contribution in [0.3, 0.4) is 0 Å². The van der Waals surface area contributed by atoms with Gasteiger partial charge in [-0.2, -0.15) is 8.78 Å². The highest BCUT2D eigenvalue weighted by Crippen LogP contribution is 2.31. The highest BCUT2D eigenvalue weighted by atomic mass is 19.3. The molecule has 1 aliphatic rings. The number of halogens is 2. The molecule has 1 aromatic rings. The molecule has 1 aliphatic carbocycles. The van der Waals surface area contributed by atoms with Crippen LogP contribution >= 0.6 is 0 Å². The first-order chi connectivity index (χ1) is 6.62. The molecule has 0 aliphatic heterocycles. The van der Waals surface area contributed by atoms with Crippen molar-refractivity contribution in [3.8, 4) is 0 Å². The second kappa shape index (κ2) is 3.27. The first-order valence-corrected chi connectivity index (χ1v) is 4.51. The third-order valence-electron chi connectivity index (χ3n) is 2.25. The maximum Gasteiger partial charge on any atom is 0.315 e. The molecule has 0 radical (unpaired) electrons. The van der Waals surface area contributed by atoms with E-state index in [2.05, 4.69) is 10.3 Å². The summed E-state index contributed by atoms with van der Waals surface area (Å²) in [5, 5.41) is 15.4. The third kappa shape index (κ3) is 1.89. The Morgan fingerprint density at radius 2 is 2.29 bits per heavy atom. The van der Waals surface area contributed by atoms with Gasteiger partial charge in [0.15, 0.2) is 5.69 Å². The number of aliphatic hydroxyl groups excluding tert-OH is 1. The number of hydrogen-bond donors (Lipinski definition) is 1. The molecule has 0 spiro atoms. The zero-order valence-electron chi connectivity index (χ0n) is 7.53. The molecule has 0 aromatic carbocycles. The Labute approximate surface area is 79.5 Å². The van der Waals surface area contributed by atoms with Gasteiger partial charge in [-0.1, -0.05) is 5.21 Å². The van der Waals surface area contributed by atoms with E-state index in [0.717, 1.165) is 12.8 Å². The minimum absolute atomic E-state index is 0.458. The first-order valence-electron chi connectivity index (χ1n) is 4.51. The summed E-state index contributed by atoms with van der Waals surface area (Å²) < 4.78 is 27.2. The predicted molar refractivity (Wildman–Crippen MR) is 43.7 cm³/mol. The second-order valence-electron chi connectivity index (χ2n) is 3.63. The molecule has 0 atom stereocenters.